The predicted molar refractivity (Wildman–Crippen MR) is 43.2 cm³/mol. The zero-order valence-corrected chi connectivity index (χ0v) is 6.99. The Bertz CT molecular complexity index is 167. The van der Waals surface area contributed by atoms with Gasteiger partial charge in [0.1, 0.15) is 5.78 Å². The molecule has 2 heteroatoms. The summed E-state index contributed by atoms with van der Waals surface area (Å²) >= 11 is 2.05. The molecule has 0 aromatic rings. The minimum absolute atomic E-state index is 0.416. The van der Waals surface area contributed by atoms with E-state index in [1.54, 1.807) is 6.92 Å². The third-order valence-corrected chi connectivity index (χ3v) is 4.36. The quantitative estimate of drug-likeness (QED) is 0.576. The zero-order valence-electron chi connectivity index (χ0n) is 6.17. The van der Waals surface area contributed by atoms with Gasteiger partial charge in [-0.15, -0.1) is 0 Å². The molecular weight excluding hydrogens is 144 g/mol. The van der Waals surface area contributed by atoms with Crippen molar-refractivity contribution in [1.29, 1.82) is 0 Å². The van der Waals surface area contributed by atoms with Gasteiger partial charge in [0.05, 0.1) is 0 Å². The molecular formula is C8H12OS. The third-order valence-electron chi connectivity index (χ3n) is 2.63. The smallest absolute Gasteiger partial charge is 0.134 e. The normalized spacial score (nSPS) is 44.3. The average Bonchev–Trinajstić information content (AvgIpc) is 2.44. The Hall–Kier alpha value is 0.0200. The van der Waals surface area contributed by atoms with Crippen molar-refractivity contribution < 1.29 is 4.79 Å². The van der Waals surface area contributed by atoms with Gasteiger partial charge in [-0.05, 0) is 26.2 Å². The van der Waals surface area contributed by atoms with E-state index in [4.69, 9.17) is 0 Å². The van der Waals surface area contributed by atoms with E-state index in [9.17, 15) is 4.79 Å². The van der Waals surface area contributed by atoms with Crippen molar-refractivity contribution in [3.05, 3.63) is 0 Å². The summed E-state index contributed by atoms with van der Waals surface area (Å²) in [7, 11) is 0. The number of ketones is 1. The van der Waals surface area contributed by atoms with Crippen molar-refractivity contribution in [1.82, 2.24) is 0 Å². The van der Waals surface area contributed by atoms with Gasteiger partial charge < -0.3 is 0 Å². The summed E-state index contributed by atoms with van der Waals surface area (Å²) in [4.78, 5) is 11.0. The number of carbonyl (C=O) groups excluding carboxylic acids is 1. The summed E-state index contributed by atoms with van der Waals surface area (Å²) in [6.45, 7) is 1.74. The molecule has 0 N–H and O–H groups in total. The van der Waals surface area contributed by atoms with Crippen LogP contribution in [0.1, 0.15) is 26.2 Å². The second kappa shape index (κ2) is 2.26. The number of rotatable bonds is 1. The van der Waals surface area contributed by atoms with Gasteiger partial charge in [-0.1, -0.05) is 0 Å². The summed E-state index contributed by atoms with van der Waals surface area (Å²) in [5.41, 5.74) is 0. The molecule has 0 saturated carbocycles. The summed E-state index contributed by atoms with van der Waals surface area (Å²) in [6, 6.07) is 0. The molecule has 3 atom stereocenters. The molecule has 2 saturated heterocycles. The molecule has 0 radical (unpaired) electrons. The minimum atomic E-state index is 0.416. The number of Topliss-reactive ketones (excluding diaryl/α,β-unsaturated/α-hetero) is 1. The first-order valence-corrected chi connectivity index (χ1v) is 4.87. The molecule has 0 amide bonds. The highest BCUT2D eigenvalue weighted by molar-refractivity contribution is 8.01. The number of hydrogen-bond acceptors (Lipinski definition) is 2. The van der Waals surface area contributed by atoms with Crippen LogP contribution in [0.15, 0.2) is 0 Å². The Morgan fingerprint density at radius 2 is 2.30 bits per heavy atom. The van der Waals surface area contributed by atoms with Crippen LogP contribution in [-0.2, 0) is 4.79 Å². The van der Waals surface area contributed by atoms with Crippen LogP contribution in [0.25, 0.3) is 0 Å². The first-order chi connectivity index (χ1) is 4.77. The topological polar surface area (TPSA) is 17.1 Å². The number of hydrogen-bond donors (Lipinski definition) is 0. The molecule has 0 spiro atoms. The summed E-state index contributed by atoms with van der Waals surface area (Å²) in [6.07, 6.45) is 3.82. The van der Waals surface area contributed by atoms with E-state index in [0.29, 0.717) is 17.0 Å². The minimum Gasteiger partial charge on any atom is -0.300 e. The van der Waals surface area contributed by atoms with Crippen LogP contribution in [0.4, 0.5) is 0 Å². The summed E-state index contributed by atoms with van der Waals surface area (Å²) < 4.78 is 0. The van der Waals surface area contributed by atoms with Gasteiger partial charge >= 0.3 is 0 Å². The van der Waals surface area contributed by atoms with Crippen LogP contribution in [0.5, 0.6) is 0 Å². The Labute approximate surface area is 65.6 Å². The van der Waals surface area contributed by atoms with E-state index in [1.165, 1.54) is 19.3 Å². The highest BCUT2D eigenvalue weighted by Gasteiger charge is 2.42. The van der Waals surface area contributed by atoms with Crippen LogP contribution >= 0.6 is 11.8 Å². The summed E-state index contributed by atoms with van der Waals surface area (Å²) in [5.74, 6) is 0.837. The van der Waals surface area contributed by atoms with Gasteiger partial charge in [0.2, 0.25) is 0 Å². The Morgan fingerprint density at radius 3 is 2.60 bits per heavy atom. The number of carbonyl (C=O) groups is 1. The Balaban J connectivity index is 2.08. The molecule has 2 bridgehead atoms. The van der Waals surface area contributed by atoms with Crippen LogP contribution in [0, 0.1) is 5.92 Å². The fourth-order valence-electron chi connectivity index (χ4n) is 2.07. The molecule has 2 aliphatic rings. The number of fused-ring (bicyclic) bond motifs is 2. The molecule has 56 valence electrons. The molecule has 10 heavy (non-hydrogen) atoms. The lowest BCUT2D eigenvalue weighted by Gasteiger charge is -2.16. The molecule has 0 aromatic carbocycles. The van der Waals surface area contributed by atoms with Gasteiger partial charge in [0, 0.05) is 16.4 Å². The van der Waals surface area contributed by atoms with E-state index < -0.39 is 0 Å². The van der Waals surface area contributed by atoms with Crippen LogP contribution in [-0.4, -0.2) is 16.3 Å². The van der Waals surface area contributed by atoms with E-state index >= 15 is 0 Å². The monoisotopic (exact) mass is 156 g/mol. The van der Waals surface area contributed by atoms with Crippen molar-refractivity contribution in [3.8, 4) is 0 Å². The van der Waals surface area contributed by atoms with E-state index in [1.807, 2.05) is 11.8 Å². The first-order valence-electron chi connectivity index (χ1n) is 3.93. The maximum atomic E-state index is 11.0. The van der Waals surface area contributed by atoms with Gasteiger partial charge in [-0.2, -0.15) is 11.8 Å². The highest BCUT2D eigenvalue weighted by atomic mass is 32.2. The largest absolute Gasteiger partial charge is 0.300 e. The maximum Gasteiger partial charge on any atom is 0.134 e. The molecule has 2 fully saturated rings. The SMILES string of the molecule is CC(=O)C1CC2CCC1S2. The fraction of sp³-hybridized carbons (Fsp3) is 0.875. The van der Waals surface area contributed by atoms with Gasteiger partial charge in [0.25, 0.3) is 0 Å². The summed E-state index contributed by atoms with van der Waals surface area (Å²) in [5, 5.41) is 1.53. The molecule has 2 rings (SSSR count). The van der Waals surface area contributed by atoms with Crippen LogP contribution in [0.2, 0.25) is 0 Å². The van der Waals surface area contributed by atoms with Crippen molar-refractivity contribution in [2.75, 3.05) is 0 Å². The average molecular weight is 156 g/mol. The third kappa shape index (κ3) is 0.895. The van der Waals surface area contributed by atoms with Crippen LogP contribution in [0.3, 0.4) is 0 Å². The van der Waals surface area contributed by atoms with Crippen molar-refractivity contribution in [3.63, 3.8) is 0 Å². The van der Waals surface area contributed by atoms with Gasteiger partial charge in [-0.3, -0.25) is 4.79 Å². The fourth-order valence-corrected chi connectivity index (χ4v) is 3.92. The van der Waals surface area contributed by atoms with Gasteiger partial charge in [-0.25, -0.2) is 0 Å². The van der Waals surface area contributed by atoms with Crippen molar-refractivity contribution in [2.24, 2.45) is 5.92 Å². The second-order valence-electron chi connectivity index (χ2n) is 3.33. The Kier molecular flexibility index (Phi) is 1.52. The van der Waals surface area contributed by atoms with Crippen LogP contribution < -0.4 is 0 Å². The molecule has 1 nitrogen and oxygen atoms in total. The van der Waals surface area contributed by atoms with Gasteiger partial charge in [0.15, 0.2) is 0 Å². The van der Waals surface area contributed by atoms with Crippen molar-refractivity contribution in [2.45, 2.75) is 36.7 Å². The molecule has 3 unspecified atom stereocenters. The molecule has 0 aromatic heterocycles. The van der Waals surface area contributed by atoms with E-state index in [0.717, 1.165) is 5.25 Å². The standard InChI is InChI=1S/C8H12OS/c1-5(9)7-4-6-2-3-8(7)10-6/h6-8H,2-4H2,1H3. The Morgan fingerprint density at radius 1 is 1.50 bits per heavy atom. The lowest BCUT2D eigenvalue weighted by atomic mass is 9.87. The lowest BCUT2D eigenvalue weighted by molar-refractivity contribution is -0.121. The number of thioether (sulfide) groups is 1. The predicted octanol–water partition coefficient (Wildman–Crippen LogP) is 1.86. The molecule has 0 aliphatic carbocycles. The van der Waals surface area contributed by atoms with E-state index in [2.05, 4.69) is 0 Å². The second-order valence-corrected chi connectivity index (χ2v) is 4.87. The lowest BCUT2D eigenvalue weighted by Crippen LogP contribution is -2.22. The zero-order chi connectivity index (χ0) is 7.14. The van der Waals surface area contributed by atoms with Crippen molar-refractivity contribution >= 4 is 17.5 Å². The molecule has 2 heterocycles. The first kappa shape index (κ1) is 6.71. The highest BCUT2D eigenvalue weighted by Crippen LogP contribution is 2.49. The van der Waals surface area contributed by atoms with E-state index in [-0.39, 0.29) is 0 Å². The maximum absolute atomic E-state index is 11.0. The molecule has 2 aliphatic heterocycles.